The van der Waals surface area contributed by atoms with Crippen molar-refractivity contribution in [1.29, 1.82) is 0 Å². The maximum atomic E-state index is 12.0. The Morgan fingerprint density at radius 1 is 1.47 bits per heavy atom. The van der Waals surface area contributed by atoms with Crippen LogP contribution in [0.3, 0.4) is 0 Å². The summed E-state index contributed by atoms with van der Waals surface area (Å²) in [5.41, 5.74) is -2.12. The molecular weight excluding hydrogens is 270 g/mol. The fourth-order valence-electron chi connectivity index (χ4n) is 2.35. The Labute approximate surface area is 114 Å². The van der Waals surface area contributed by atoms with Crippen molar-refractivity contribution in [3.63, 3.8) is 0 Å². The topological polar surface area (TPSA) is 87.1 Å². The Morgan fingerprint density at radius 3 is 2.53 bits per heavy atom. The number of hydrogen-bond acceptors (Lipinski definition) is 5. The summed E-state index contributed by atoms with van der Waals surface area (Å²) in [7, 11) is 1.40. The minimum Gasteiger partial charge on any atom is -0.297 e. The van der Waals surface area contributed by atoms with Crippen LogP contribution < -0.4 is 11.2 Å². The number of aromatic nitrogens is 2. The van der Waals surface area contributed by atoms with Crippen LogP contribution in [0.2, 0.25) is 0 Å². The van der Waals surface area contributed by atoms with Crippen molar-refractivity contribution in [3.8, 4) is 0 Å². The van der Waals surface area contributed by atoms with Crippen LogP contribution in [-0.2, 0) is 13.6 Å². The van der Waals surface area contributed by atoms with Gasteiger partial charge in [-0.2, -0.15) is 12.6 Å². The van der Waals surface area contributed by atoms with E-state index in [1.807, 2.05) is 0 Å². The van der Waals surface area contributed by atoms with Gasteiger partial charge in [-0.05, 0) is 24.0 Å². The molecule has 0 radical (unpaired) electrons. The van der Waals surface area contributed by atoms with Crippen LogP contribution >= 0.6 is 12.6 Å². The fourth-order valence-corrected chi connectivity index (χ4v) is 2.77. The Bertz CT molecular complexity index is 624. The Balaban J connectivity index is 2.53. The third-order valence-electron chi connectivity index (χ3n) is 3.75. The van der Waals surface area contributed by atoms with E-state index in [4.69, 9.17) is 0 Å². The Kier molecular flexibility index (Phi) is 3.53. The predicted octanol–water partition coefficient (Wildman–Crippen LogP) is 0.555. The lowest BCUT2D eigenvalue weighted by Gasteiger charge is -2.40. The van der Waals surface area contributed by atoms with Crippen molar-refractivity contribution < 1.29 is 4.92 Å². The summed E-state index contributed by atoms with van der Waals surface area (Å²) < 4.78 is 2.04. The molecule has 1 fully saturated rings. The van der Waals surface area contributed by atoms with Gasteiger partial charge in [0.1, 0.15) is 0 Å². The zero-order chi connectivity index (χ0) is 14.2. The molecule has 0 aromatic carbocycles. The van der Waals surface area contributed by atoms with Crippen LogP contribution in [-0.4, -0.2) is 19.8 Å². The third-order valence-corrected chi connectivity index (χ3v) is 4.42. The van der Waals surface area contributed by atoms with Gasteiger partial charge >= 0.3 is 16.9 Å². The van der Waals surface area contributed by atoms with Gasteiger partial charge in [0.15, 0.2) is 0 Å². The van der Waals surface area contributed by atoms with Crippen molar-refractivity contribution in [1.82, 2.24) is 9.13 Å². The van der Waals surface area contributed by atoms with E-state index in [-0.39, 0.29) is 12.0 Å². The molecule has 1 aliphatic carbocycles. The van der Waals surface area contributed by atoms with E-state index in [1.165, 1.54) is 7.05 Å². The first-order valence-corrected chi connectivity index (χ1v) is 6.59. The van der Waals surface area contributed by atoms with Crippen LogP contribution in [0.1, 0.15) is 19.3 Å². The molecule has 7 nitrogen and oxygen atoms in total. The molecule has 8 heteroatoms. The number of nitro groups is 1. The van der Waals surface area contributed by atoms with Crippen LogP contribution in [0.15, 0.2) is 15.8 Å². The molecule has 1 aromatic heterocycles. The molecule has 1 aliphatic rings. The maximum absolute atomic E-state index is 12.0. The van der Waals surface area contributed by atoms with Crippen molar-refractivity contribution in [2.24, 2.45) is 12.5 Å². The van der Waals surface area contributed by atoms with Crippen molar-refractivity contribution in [2.75, 3.05) is 5.75 Å². The lowest BCUT2D eigenvalue weighted by molar-refractivity contribution is -0.387. The molecule has 0 saturated heterocycles. The second-order valence-corrected chi connectivity index (χ2v) is 5.38. The summed E-state index contributed by atoms with van der Waals surface area (Å²) in [6, 6.07) is 0. The third kappa shape index (κ3) is 2.32. The van der Waals surface area contributed by atoms with Gasteiger partial charge in [0.2, 0.25) is 0 Å². The average Bonchev–Trinajstić information content (AvgIpc) is 2.32. The van der Waals surface area contributed by atoms with E-state index in [2.05, 4.69) is 12.6 Å². The molecule has 1 saturated carbocycles. The first-order chi connectivity index (χ1) is 8.90. The molecule has 1 heterocycles. The van der Waals surface area contributed by atoms with Gasteiger partial charge in [-0.3, -0.25) is 24.0 Å². The van der Waals surface area contributed by atoms with Crippen LogP contribution in [0.5, 0.6) is 0 Å². The monoisotopic (exact) mass is 285 g/mol. The van der Waals surface area contributed by atoms with E-state index in [9.17, 15) is 19.7 Å². The van der Waals surface area contributed by atoms with Gasteiger partial charge in [-0.15, -0.1) is 0 Å². The lowest BCUT2D eigenvalue weighted by atomic mass is 9.70. The minimum absolute atomic E-state index is 0.186. The highest BCUT2D eigenvalue weighted by molar-refractivity contribution is 7.80. The second-order valence-electron chi connectivity index (χ2n) is 5.07. The molecule has 0 amide bonds. The number of aryl methyl sites for hydroxylation is 1. The quantitative estimate of drug-likeness (QED) is 0.497. The van der Waals surface area contributed by atoms with E-state index < -0.39 is 21.9 Å². The van der Waals surface area contributed by atoms with Crippen molar-refractivity contribution in [3.05, 3.63) is 37.1 Å². The normalized spacial score (nSPS) is 16.9. The van der Waals surface area contributed by atoms with Crippen LogP contribution in [0.25, 0.3) is 0 Å². The van der Waals surface area contributed by atoms with E-state index in [0.29, 0.717) is 5.75 Å². The molecule has 0 bridgehead atoms. The molecule has 19 heavy (non-hydrogen) atoms. The predicted molar refractivity (Wildman–Crippen MR) is 72.7 cm³/mol. The molecule has 1 aromatic rings. The molecule has 104 valence electrons. The van der Waals surface area contributed by atoms with E-state index in [1.54, 1.807) is 0 Å². The number of nitrogens with zero attached hydrogens (tertiary/aromatic N) is 3. The van der Waals surface area contributed by atoms with Gasteiger partial charge in [-0.25, -0.2) is 4.79 Å². The fraction of sp³-hybridized carbons (Fsp3) is 0.636. The van der Waals surface area contributed by atoms with Crippen LogP contribution in [0.4, 0.5) is 5.69 Å². The highest BCUT2D eigenvalue weighted by atomic mass is 32.1. The molecular formula is C11H15N3O4S. The number of thiol groups is 1. The zero-order valence-electron chi connectivity index (χ0n) is 10.5. The minimum atomic E-state index is -0.832. The van der Waals surface area contributed by atoms with Gasteiger partial charge in [-0.1, -0.05) is 6.42 Å². The maximum Gasteiger partial charge on any atom is 0.350 e. The second kappa shape index (κ2) is 4.84. The van der Waals surface area contributed by atoms with Crippen molar-refractivity contribution >= 4 is 18.3 Å². The first kappa shape index (κ1) is 13.9. The summed E-state index contributed by atoms with van der Waals surface area (Å²) in [4.78, 5) is 34.0. The number of rotatable bonds is 4. The summed E-state index contributed by atoms with van der Waals surface area (Å²) >= 11 is 4.27. The molecule has 0 unspecified atom stereocenters. The molecule has 0 N–H and O–H groups in total. The standard InChI is InChI=1S/C11H15N3O4S/c1-12-5-8(14(17)18)9(15)13(10(12)16)6-11(7-19)3-2-4-11/h5,19H,2-4,6-7H2,1H3. The van der Waals surface area contributed by atoms with Crippen LogP contribution in [0, 0.1) is 15.5 Å². The molecule has 2 rings (SSSR count). The van der Waals surface area contributed by atoms with E-state index in [0.717, 1.165) is 34.6 Å². The summed E-state index contributed by atoms with van der Waals surface area (Å²) in [6.45, 7) is 0.198. The zero-order valence-corrected chi connectivity index (χ0v) is 11.4. The Morgan fingerprint density at radius 2 is 2.11 bits per heavy atom. The summed E-state index contributed by atoms with van der Waals surface area (Å²) in [5, 5.41) is 10.8. The highest BCUT2D eigenvalue weighted by Gasteiger charge is 2.37. The summed E-state index contributed by atoms with van der Waals surface area (Å²) in [6.07, 6.45) is 3.77. The van der Waals surface area contributed by atoms with Gasteiger partial charge in [0, 0.05) is 13.6 Å². The molecule has 0 spiro atoms. The average molecular weight is 285 g/mol. The smallest absolute Gasteiger partial charge is 0.297 e. The Hall–Kier alpha value is -1.57. The SMILES string of the molecule is Cn1cc([N+](=O)[O-])c(=O)n(CC2(CS)CCC2)c1=O. The van der Waals surface area contributed by atoms with E-state index >= 15 is 0 Å². The van der Waals surface area contributed by atoms with Gasteiger partial charge in [0.05, 0.1) is 11.1 Å². The van der Waals surface area contributed by atoms with Gasteiger partial charge in [0.25, 0.3) is 0 Å². The largest absolute Gasteiger partial charge is 0.350 e. The number of hydrogen-bond donors (Lipinski definition) is 1. The highest BCUT2D eigenvalue weighted by Crippen LogP contribution is 2.42. The van der Waals surface area contributed by atoms with Gasteiger partial charge < -0.3 is 0 Å². The first-order valence-electron chi connectivity index (χ1n) is 5.96. The molecule has 0 aliphatic heterocycles. The molecule has 0 atom stereocenters. The van der Waals surface area contributed by atoms with Crippen molar-refractivity contribution in [2.45, 2.75) is 25.8 Å². The summed E-state index contributed by atoms with van der Waals surface area (Å²) in [5.74, 6) is 0.561. The lowest BCUT2D eigenvalue weighted by Crippen LogP contribution is -2.46.